The Morgan fingerprint density at radius 3 is 2.77 bits per heavy atom. The molecule has 0 saturated carbocycles. The van der Waals surface area contributed by atoms with Crippen molar-refractivity contribution < 1.29 is 4.79 Å². The van der Waals surface area contributed by atoms with Crippen LogP contribution in [0, 0.1) is 0 Å². The lowest BCUT2D eigenvalue weighted by atomic mass is 10.8. The molecule has 8 heteroatoms. The van der Waals surface area contributed by atoms with E-state index in [4.69, 9.17) is 28.9 Å². The van der Waals surface area contributed by atoms with Gasteiger partial charge < -0.3 is 5.73 Å². The average Bonchev–Trinajstić information content (AvgIpc) is 2.06. The summed E-state index contributed by atoms with van der Waals surface area (Å²) in [6.45, 7) is 0. The number of carbonyl (C=O) groups excluding carboxylic acids is 1. The Morgan fingerprint density at radius 2 is 2.15 bits per heavy atom. The molecule has 0 saturated heterocycles. The van der Waals surface area contributed by atoms with Crippen LogP contribution >= 0.6 is 35.0 Å². The molecule has 1 aromatic heterocycles. The van der Waals surface area contributed by atoms with Crippen LogP contribution in [0.5, 0.6) is 0 Å². The highest BCUT2D eigenvalue weighted by Crippen LogP contribution is 2.22. The Labute approximate surface area is 88.0 Å². The molecule has 5 nitrogen and oxygen atoms in total. The second-order valence-corrected chi connectivity index (χ2v) is 3.59. The van der Waals surface area contributed by atoms with Crippen molar-refractivity contribution in [3.63, 3.8) is 0 Å². The minimum Gasteiger partial charge on any atom is -0.369 e. The van der Waals surface area contributed by atoms with Gasteiger partial charge in [-0.2, -0.15) is 0 Å². The number of primary amides is 1. The predicted octanol–water partition coefficient (Wildman–Crippen LogP) is 0.756. The molecular weight excluding hydrogens is 235 g/mol. The Hall–Kier alpha value is -0.590. The zero-order valence-corrected chi connectivity index (χ0v) is 8.53. The lowest BCUT2D eigenvalue weighted by Crippen LogP contribution is -2.13. The molecule has 1 rings (SSSR count). The van der Waals surface area contributed by atoms with Gasteiger partial charge in [-0.05, 0) is 11.6 Å². The Balaban J connectivity index is 2.75. The number of nitrogens with zero attached hydrogens (tertiary/aromatic N) is 3. The molecule has 70 valence electrons. The fourth-order valence-electron chi connectivity index (χ4n) is 0.512. The van der Waals surface area contributed by atoms with Crippen LogP contribution < -0.4 is 5.73 Å². The van der Waals surface area contributed by atoms with Gasteiger partial charge in [0.05, 0.1) is 5.75 Å². The molecule has 0 aromatic carbocycles. The molecule has 0 bridgehead atoms. The van der Waals surface area contributed by atoms with Crippen LogP contribution in [0.1, 0.15) is 0 Å². The van der Waals surface area contributed by atoms with E-state index in [1.807, 2.05) is 0 Å². The molecule has 13 heavy (non-hydrogen) atoms. The maximum atomic E-state index is 10.4. The third kappa shape index (κ3) is 3.33. The monoisotopic (exact) mass is 238 g/mol. The molecule has 0 spiro atoms. The highest BCUT2D eigenvalue weighted by Gasteiger charge is 2.07. The van der Waals surface area contributed by atoms with Crippen molar-refractivity contribution in [2.45, 2.75) is 5.03 Å². The third-order valence-electron chi connectivity index (χ3n) is 0.942. The topological polar surface area (TPSA) is 81.8 Å². The van der Waals surface area contributed by atoms with E-state index in [-0.39, 0.29) is 16.2 Å². The van der Waals surface area contributed by atoms with Crippen molar-refractivity contribution in [3.05, 3.63) is 10.4 Å². The van der Waals surface area contributed by atoms with Gasteiger partial charge in [0.15, 0.2) is 5.15 Å². The number of amides is 1. The quantitative estimate of drug-likeness (QED) is 0.787. The second-order valence-electron chi connectivity index (χ2n) is 1.93. The van der Waals surface area contributed by atoms with Crippen molar-refractivity contribution in [2.75, 3.05) is 5.75 Å². The maximum Gasteiger partial charge on any atom is 0.244 e. The van der Waals surface area contributed by atoms with Gasteiger partial charge in [-0.15, -0.1) is 10.2 Å². The second kappa shape index (κ2) is 4.59. The fourth-order valence-corrected chi connectivity index (χ4v) is 1.52. The number of aromatic nitrogens is 3. The Morgan fingerprint density at radius 1 is 1.46 bits per heavy atom. The molecule has 2 N–H and O–H groups in total. The van der Waals surface area contributed by atoms with Crippen LogP contribution in [0.3, 0.4) is 0 Å². The SMILES string of the molecule is NC(=O)CSc1nc(Cl)nnc1Cl. The molecule has 0 aliphatic rings. The Kier molecular flexibility index (Phi) is 3.71. The minimum absolute atomic E-state index is 0.0172. The van der Waals surface area contributed by atoms with Crippen LogP contribution in [-0.4, -0.2) is 26.8 Å². The zero-order valence-electron chi connectivity index (χ0n) is 6.20. The summed E-state index contributed by atoms with van der Waals surface area (Å²) in [6, 6.07) is 0. The third-order valence-corrected chi connectivity index (χ3v) is 2.46. The minimum atomic E-state index is -0.462. The van der Waals surface area contributed by atoms with Gasteiger partial charge in [-0.1, -0.05) is 23.4 Å². The normalized spacial score (nSPS) is 10.0. The number of thioether (sulfide) groups is 1. The number of carbonyl (C=O) groups is 1. The van der Waals surface area contributed by atoms with Gasteiger partial charge in [-0.3, -0.25) is 4.79 Å². The number of nitrogens with two attached hydrogens (primary N) is 1. The Bertz CT molecular complexity index is 334. The highest BCUT2D eigenvalue weighted by molar-refractivity contribution is 8.00. The summed E-state index contributed by atoms with van der Waals surface area (Å²) in [7, 11) is 0. The van der Waals surface area contributed by atoms with E-state index in [1.165, 1.54) is 0 Å². The summed E-state index contributed by atoms with van der Waals surface area (Å²) in [5, 5.41) is 7.35. The van der Waals surface area contributed by atoms with Gasteiger partial charge in [0.2, 0.25) is 11.2 Å². The summed E-state index contributed by atoms with van der Waals surface area (Å²) in [6.07, 6.45) is 0. The van der Waals surface area contributed by atoms with E-state index in [1.54, 1.807) is 0 Å². The first-order chi connectivity index (χ1) is 6.09. The molecule has 0 aliphatic heterocycles. The van der Waals surface area contributed by atoms with E-state index in [9.17, 15) is 4.79 Å². The van der Waals surface area contributed by atoms with E-state index in [0.717, 1.165) is 11.8 Å². The van der Waals surface area contributed by atoms with E-state index in [0.29, 0.717) is 5.03 Å². The van der Waals surface area contributed by atoms with Crippen molar-refractivity contribution in [1.82, 2.24) is 15.2 Å². The first kappa shape index (κ1) is 10.5. The van der Waals surface area contributed by atoms with E-state index < -0.39 is 5.91 Å². The molecule has 0 fully saturated rings. The largest absolute Gasteiger partial charge is 0.369 e. The lowest BCUT2D eigenvalue weighted by molar-refractivity contribution is -0.115. The lowest BCUT2D eigenvalue weighted by Gasteiger charge is -1.98. The van der Waals surface area contributed by atoms with Crippen LogP contribution in [0.15, 0.2) is 5.03 Å². The van der Waals surface area contributed by atoms with Crippen molar-refractivity contribution in [1.29, 1.82) is 0 Å². The van der Waals surface area contributed by atoms with Gasteiger partial charge >= 0.3 is 0 Å². The van der Waals surface area contributed by atoms with E-state index in [2.05, 4.69) is 15.2 Å². The van der Waals surface area contributed by atoms with Gasteiger partial charge in [0.25, 0.3) is 0 Å². The molecule has 1 amide bonds. The molecule has 1 heterocycles. The average molecular weight is 239 g/mol. The summed E-state index contributed by atoms with van der Waals surface area (Å²) in [5.74, 6) is -0.384. The summed E-state index contributed by atoms with van der Waals surface area (Å²) in [4.78, 5) is 14.2. The van der Waals surface area contributed by atoms with Crippen molar-refractivity contribution >= 4 is 40.9 Å². The smallest absolute Gasteiger partial charge is 0.244 e. The molecule has 0 radical (unpaired) electrons. The summed E-state index contributed by atoms with van der Waals surface area (Å²) in [5.41, 5.74) is 4.93. The summed E-state index contributed by atoms with van der Waals surface area (Å²) < 4.78 is 0. The summed E-state index contributed by atoms with van der Waals surface area (Å²) >= 11 is 12.1. The predicted molar refractivity (Wildman–Crippen MR) is 49.8 cm³/mol. The van der Waals surface area contributed by atoms with Crippen LogP contribution in [0.4, 0.5) is 0 Å². The molecular formula is C5H4Cl2N4OS. The maximum absolute atomic E-state index is 10.4. The van der Waals surface area contributed by atoms with Crippen LogP contribution in [-0.2, 0) is 4.79 Å². The number of rotatable bonds is 3. The fraction of sp³-hybridized carbons (Fsp3) is 0.200. The first-order valence-corrected chi connectivity index (χ1v) is 4.80. The number of halogens is 2. The number of hydrogen-bond donors (Lipinski definition) is 1. The molecule has 0 unspecified atom stereocenters. The first-order valence-electron chi connectivity index (χ1n) is 3.06. The van der Waals surface area contributed by atoms with Crippen LogP contribution in [0.2, 0.25) is 10.4 Å². The highest BCUT2D eigenvalue weighted by atomic mass is 35.5. The van der Waals surface area contributed by atoms with Gasteiger partial charge in [0, 0.05) is 0 Å². The number of hydrogen-bond acceptors (Lipinski definition) is 5. The van der Waals surface area contributed by atoms with E-state index >= 15 is 0 Å². The molecule has 1 aromatic rings. The standard InChI is InChI=1S/C5H4Cl2N4OS/c6-3-4(13-1-2(8)12)9-5(7)11-10-3/h1H2,(H2,8,12). The molecule has 0 aliphatic carbocycles. The van der Waals surface area contributed by atoms with Crippen molar-refractivity contribution in [3.8, 4) is 0 Å². The van der Waals surface area contributed by atoms with Gasteiger partial charge in [-0.25, -0.2) is 4.98 Å². The zero-order chi connectivity index (χ0) is 9.84. The van der Waals surface area contributed by atoms with Gasteiger partial charge in [0.1, 0.15) is 5.03 Å². The van der Waals surface area contributed by atoms with Crippen LogP contribution in [0.25, 0.3) is 0 Å². The van der Waals surface area contributed by atoms with Crippen molar-refractivity contribution in [2.24, 2.45) is 5.73 Å². The molecule has 0 atom stereocenters.